The van der Waals surface area contributed by atoms with Crippen LogP contribution < -0.4 is 0 Å². The van der Waals surface area contributed by atoms with Gasteiger partial charge in [0.15, 0.2) is 0 Å². The third kappa shape index (κ3) is 6.72. The number of benzene rings is 1. The molecule has 0 aromatic heterocycles. The molecule has 0 fully saturated rings. The fourth-order valence-electron chi connectivity index (χ4n) is 1.76. The van der Waals surface area contributed by atoms with Crippen LogP contribution in [-0.2, 0) is 4.79 Å². The summed E-state index contributed by atoms with van der Waals surface area (Å²) < 4.78 is 0. The zero-order valence-electron chi connectivity index (χ0n) is 10.6. The van der Waals surface area contributed by atoms with Gasteiger partial charge in [-0.2, -0.15) is 0 Å². The van der Waals surface area contributed by atoms with Gasteiger partial charge in [0.1, 0.15) is 6.29 Å². The standard InChI is InChI=1S/C16H22O/c1-15(14-17)10-6-3-2-4-7-11-16-12-8-5-9-13-16/h5,7-9,11-15H,2-4,6,10H2,1H3. The number of aldehydes is 1. The molecular formula is C16H22O. The fourth-order valence-corrected chi connectivity index (χ4v) is 1.76. The highest BCUT2D eigenvalue weighted by molar-refractivity contribution is 5.52. The van der Waals surface area contributed by atoms with Crippen LogP contribution in [0.2, 0.25) is 0 Å². The second-order valence-corrected chi connectivity index (χ2v) is 4.56. The lowest BCUT2D eigenvalue weighted by Crippen LogP contribution is -1.94. The summed E-state index contributed by atoms with van der Waals surface area (Å²) >= 11 is 0. The molecule has 0 amide bonds. The van der Waals surface area contributed by atoms with E-state index in [0.717, 1.165) is 19.1 Å². The molecule has 0 aliphatic rings. The van der Waals surface area contributed by atoms with E-state index in [9.17, 15) is 4.79 Å². The second-order valence-electron chi connectivity index (χ2n) is 4.56. The van der Waals surface area contributed by atoms with Crippen molar-refractivity contribution in [3.05, 3.63) is 42.0 Å². The van der Waals surface area contributed by atoms with Crippen LogP contribution in [0.5, 0.6) is 0 Å². The molecule has 1 heteroatoms. The van der Waals surface area contributed by atoms with Crippen LogP contribution in [0.4, 0.5) is 0 Å². The zero-order chi connectivity index (χ0) is 12.3. The molecule has 0 saturated heterocycles. The van der Waals surface area contributed by atoms with Gasteiger partial charge in [0.05, 0.1) is 0 Å². The lowest BCUT2D eigenvalue weighted by atomic mass is 10.0. The largest absolute Gasteiger partial charge is 0.303 e. The lowest BCUT2D eigenvalue weighted by Gasteiger charge is -2.01. The van der Waals surface area contributed by atoms with Gasteiger partial charge >= 0.3 is 0 Å². The molecule has 1 rings (SSSR count). The first kappa shape index (κ1) is 13.7. The number of allylic oxidation sites excluding steroid dienone is 1. The molecule has 0 spiro atoms. The first-order valence-corrected chi connectivity index (χ1v) is 6.50. The highest BCUT2D eigenvalue weighted by atomic mass is 16.1. The van der Waals surface area contributed by atoms with Crippen LogP contribution >= 0.6 is 0 Å². The Morgan fingerprint density at radius 2 is 1.88 bits per heavy atom. The van der Waals surface area contributed by atoms with E-state index in [1.165, 1.54) is 24.8 Å². The summed E-state index contributed by atoms with van der Waals surface area (Å²) in [5.41, 5.74) is 1.27. The van der Waals surface area contributed by atoms with E-state index in [4.69, 9.17) is 0 Å². The fraction of sp³-hybridized carbons (Fsp3) is 0.438. The summed E-state index contributed by atoms with van der Waals surface area (Å²) in [4.78, 5) is 10.4. The summed E-state index contributed by atoms with van der Waals surface area (Å²) in [5, 5.41) is 0. The van der Waals surface area contributed by atoms with Crippen molar-refractivity contribution >= 4 is 12.4 Å². The molecule has 0 aliphatic carbocycles. The van der Waals surface area contributed by atoms with Crippen molar-refractivity contribution in [3.8, 4) is 0 Å². The molecule has 0 radical (unpaired) electrons. The molecule has 92 valence electrons. The molecule has 1 unspecified atom stereocenters. The highest BCUT2D eigenvalue weighted by Gasteiger charge is 1.97. The number of unbranched alkanes of at least 4 members (excludes halogenated alkanes) is 3. The van der Waals surface area contributed by atoms with Gasteiger partial charge in [-0.3, -0.25) is 0 Å². The quantitative estimate of drug-likeness (QED) is 0.475. The normalized spacial score (nSPS) is 12.8. The van der Waals surface area contributed by atoms with Gasteiger partial charge in [-0.15, -0.1) is 0 Å². The van der Waals surface area contributed by atoms with E-state index in [1.54, 1.807) is 0 Å². The maximum Gasteiger partial charge on any atom is 0.122 e. The lowest BCUT2D eigenvalue weighted by molar-refractivity contribution is -0.110. The minimum absolute atomic E-state index is 0.231. The predicted molar refractivity (Wildman–Crippen MR) is 73.8 cm³/mol. The minimum atomic E-state index is 0.231. The van der Waals surface area contributed by atoms with Gasteiger partial charge in [0.25, 0.3) is 0 Å². The summed E-state index contributed by atoms with van der Waals surface area (Å²) in [6.45, 7) is 1.99. The van der Waals surface area contributed by atoms with Crippen LogP contribution in [0.25, 0.3) is 6.08 Å². The SMILES string of the molecule is CC(C=O)CCCCCC=Cc1ccccc1. The smallest absolute Gasteiger partial charge is 0.122 e. The van der Waals surface area contributed by atoms with E-state index in [0.29, 0.717) is 0 Å². The maximum atomic E-state index is 10.4. The summed E-state index contributed by atoms with van der Waals surface area (Å²) in [5.74, 6) is 0.231. The highest BCUT2D eigenvalue weighted by Crippen LogP contribution is 2.10. The molecule has 17 heavy (non-hydrogen) atoms. The number of carbonyl (C=O) groups excluding carboxylic acids is 1. The van der Waals surface area contributed by atoms with Crippen LogP contribution in [0, 0.1) is 5.92 Å². The topological polar surface area (TPSA) is 17.1 Å². The molecule has 0 N–H and O–H groups in total. The number of rotatable bonds is 8. The van der Waals surface area contributed by atoms with Crippen molar-refractivity contribution in [2.75, 3.05) is 0 Å². The van der Waals surface area contributed by atoms with Crippen molar-refractivity contribution in [1.29, 1.82) is 0 Å². The zero-order valence-corrected chi connectivity index (χ0v) is 10.6. The van der Waals surface area contributed by atoms with Crippen LogP contribution in [0.1, 0.15) is 44.6 Å². The summed E-state index contributed by atoms with van der Waals surface area (Å²) in [6, 6.07) is 10.4. The van der Waals surface area contributed by atoms with E-state index < -0.39 is 0 Å². The summed E-state index contributed by atoms with van der Waals surface area (Å²) in [6.07, 6.45) is 11.2. The van der Waals surface area contributed by atoms with E-state index in [-0.39, 0.29) is 5.92 Å². The van der Waals surface area contributed by atoms with Gasteiger partial charge in [0, 0.05) is 5.92 Å². The monoisotopic (exact) mass is 230 g/mol. The average molecular weight is 230 g/mol. The van der Waals surface area contributed by atoms with Crippen molar-refractivity contribution in [3.63, 3.8) is 0 Å². The third-order valence-corrected chi connectivity index (χ3v) is 2.87. The molecule has 1 nitrogen and oxygen atoms in total. The Kier molecular flexibility index (Phi) is 7.04. The van der Waals surface area contributed by atoms with E-state index in [2.05, 4.69) is 36.4 Å². The molecule has 0 heterocycles. The van der Waals surface area contributed by atoms with E-state index in [1.807, 2.05) is 13.0 Å². The Hall–Kier alpha value is -1.37. The Labute approximate surface area is 105 Å². The Bertz CT molecular complexity index is 327. The van der Waals surface area contributed by atoms with Gasteiger partial charge in [-0.05, 0) is 24.8 Å². The molecule has 0 bridgehead atoms. The molecule has 1 aromatic carbocycles. The van der Waals surface area contributed by atoms with E-state index >= 15 is 0 Å². The average Bonchev–Trinajstić information content (AvgIpc) is 2.38. The second kappa shape index (κ2) is 8.74. The number of hydrogen-bond donors (Lipinski definition) is 0. The van der Waals surface area contributed by atoms with Crippen LogP contribution in [-0.4, -0.2) is 6.29 Å². The number of carbonyl (C=O) groups is 1. The van der Waals surface area contributed by atoms with Crippen molar-refractivity contribution in [1.82, 2.24) is 0 Å². The first-order valence-electron chi connectivity index (χ1n) is 6.50. The van der Waals surface area contributed by atoms with Gasteiger partial charge in [-0.25, -0.2) is 0 Å². The third-order valence-electron chi connectivity index (χ3n) is 2.87. The molecular weight excluding hydrogens is 208 g/mol. The molecule has 0 aliphatic heterocycles. The Morgan fingerprint density at radius 3 is 2.59 bits per heavy atom. The van der Waals surface area contributed by atoms with Crippen LogP contribution in [0.3, 0.4) is 0 Å². The van der Waals surface area contributed by atoms with Gasteiger partial charge in [0.2, 0.25) is 0 Å². The Morgan fingerprint density at radius 1 is 1.12 bits per heavy atom. The van der Waals surface area contributed by atoms with Crippen molar-refractivity contribution in [2.24, 2.45) is 5.92 Å². The van der Waals surface area contributed by atoms with Crippen molar-refractivity contribution in [2.45, 2.75) is 39.0 Å². The Balaban J connectivity index is 2.05. The first-order chi connectivity index (χ1) is 8.33. The van der Waals surface area contributed by atoms with Crippen molar-refractivity contribution < 1.29 is 4.79 Å². The molecule has 1 atom stereocenters. The number of hydrogen-bond acceptors (Lipinski definition) is 1. The molecule has 1 aromatic rings. The van der Waals surface area contributed by atoms with Gasteiger partial charge in [-0.1, -0.05) is 62.2 Å². The predicted octanol–water partition coefficient (Wildman–Crippen LogP) is 4.49. The van der Waals surface area contributed by atoms with Crippen LogP contribution in [0.15, 0.2) is 36.4 Å². The molecule has 0 saturated carbocycles. The van der Waals surface area contributed by atoms with Gasteiger partial charge < -0.3 is 4.79 Å². The summed E-state index contributed by atoms with van der Waals surface area (Å²) in [7, 11) is 0. The minimum Gasteiger partial charge on any atom is -0.303 e. The maximum absolute atomic E-state index is 10.4.